The molecule has 0 aliphatic heterocycles. The van der Waals surface area contributed by atoms with Crippen molar-refractivity contribution >= 4 is 11.8 Å². The van der Waals surface area contributed by atoms with Gasteiger partial charge in [0.25, 0.3) is 0 Å². The van der Waals surface area contributed by atoms with Gasteiger partial charge in [-0.3, -0.25) is 0 Å². The van der Waals surface area contributed by atoms with Crippen LogP contribution in [0.4, 0.5) is 0 Å². The maximum absolute atomic E-state index is 4.36. The Labute approximate surface area is 138 Å². The van der Waals surface area contributed by atoms with Crippen molar-refractivity contribution in [2.45, 2.75) is 32.2 Å². The molecule has 1 aromatic heterocycles. The number of nitrogens with zero attached hydrogens (tertiary/aromatic N) is 3. The van der Waals surface area contributed by atoms with E-state index in [0.717, 1.165) is 48.1 Å². The van der Waals surface area contributed by atoms with Crippen LogP contribution < -0.4 is 0 Å². The Hall–Kier alpha value is -1.39. The van der Waals surface area contributed by atoms with Crippen LogP contribution in [0, 0.1) is 0 Å². The fourth-order valence-electron chi connectivity index (χ4n) is 2.28. The average Bonchev–Trinajstić information content (AvgIpc) is 2.59. The standard InChI is InChI=1S/C18H25N3S/c1-4-15-7-9-16(10-8-15)17-11-12-18(20-19-17)22-14-13-21(5-2)6-3/h7-12H,4-6,13-14H2,1-3H3. The van der Waals surface area contributed by atoms with Crippen LogP contribution in [0.1, 0.15) is 26.3 Å². The van der Waals surface area contributed by atoms with Gasteiger partial charge in [0.15, 0.2) is 0 Å². The van der Waals surface area contributed by atoms with Crippen molar-refractivity contribution in [1.82, 2.24) is 15.1 Å². The largest absolute Gasteiger partial charge is 0.303 e. The summed E-state index contributed by atoms with van der Waals surface area (Å²) in [6.45, 7) is 9.88. The molecule has 0 amide bonds. The Morgan fingerprint density at radius 3 is 2.18 bits per heavy atom. The summed E-state index contributed by atoms with van der Waals surface area (Å²) in [5.74, 6) is 1.06. The second-order valence-electron chi connectivity index (χ2n) is 5.18. The molecule has 0 saturated carbocycles. The van der Waals surface area contributed by atoms with Crippen LogP contribution in [0.3, 0.4) is 0 Å². The second kappa shape index (κ2) is 8.91. The topological polar surface area (TPSA) is 29.0 Å². The highest BCUT2D eigenvalue weighted by Crippen LogP contribution is 2.20. The molecule has 0 radical (unpaired) electrons. The Bertz CT molecular complexity index is 548. The van der Waals surface area contributed by atoms with Gasteiger partial charge in [0.2, 0.25) is 0 Å². The van der Waals surface area contributed by atoms with Crippen molar-refractivity contribution in [1.29, 1.82) is 0 Å². The monoisotopic (exact) mass is 315 g/mol. The summed E-state index contributed by atoms with van der Waals surface area (Å²) < 4.78 is 0. The fraction of sp³-hybridized carbons (Fsp3) is 0.444. The molecule has 0 bridgehead atoms. The highest BCUT2D eigenvalue weighted by atomic mass is 32.2. The lowest BCUT2D eigenvalue weighted by Gasteiger charge is -2.16. The van der Waals surface area contributed by atoms with Gasteiger partial charge >= 0.3 is 0 Å². The van der Waals surface area contributed by atoms with E-state index >= 15 is 0 Å². The molecular weight excluding hydrogens is 290 g/mol. The first-order chi connectivity index (χ1) is 10.8. The van der Waals surface area contributed by atoms with E-state index in [9.17, 15) is 0 Å². The van der Waals surface area contributed by atoms with Gasteiger partial charge in [-0.1, -0.05) is 45.0 Å². The van der Waals surface area contributed by atoms with Gasteiger partial charge in [-0.25, -0.2) is 0 Å². The van der Waals surface area contributed by atoms with E-state index in [1.165, 1.54) is 5.56 Å². The van der Waals surface area contributed by atoms with Crippen LogP contribution in [-0.2, 0) is 6.42 Å². The van der Waals surface area contributed by atoms with Crippen LogP contribution in [-0.4, -0.2) is 40.5 Å². The lowest BCUT2D eigenvalue weighted by atomic mass is 10.1. The number of aryl methyl sites for hydroxylation is 1. The van der Waals surface area contributed by atoms with Crippen molar-refractivity contribution in [2.24, 2.45) is 0 Å². The number of thioether (sulfide) groups is 1. The van der Waals surface area contributed by atoms with Crippen LogP contribution >= 0.6 is 11.8 Å². The van der Waals surface area contributed by atoms with Crippen molar-refractivity contribution in [3.05, 3.63) is 42.0 Å². The molecule has 1 heterocycles. The first-order valence-electron chi connectivity index (χ1n) is 8.05. The van der Waals surface area contributed by atoms with Crippen LogP contribution in [0.25, 0.3) is 11.3 Å². The highest BCUT2D eigenvalue weighted by molar-refractivity contribution is 7.99. The molecule has 22 heavy (non-hydrogen) atoms. The minimum atomic E-state index is 0.941. The zero-order chi connectivity index (χ0) is 15.8. The number of hydrogen-bond donors (Lipinski definition) is 0. The maximum Gasteiger partial charge on any atom is 0.119 e. The summed E-state index contributed by atoms with van der Waals surface area (Å²) in [6, 6.07) is 12.7. The Morgan fingerprint density at radius 2 is 1.64 bits per heavy atom. The lowest BCUT2D eigenvalue weighted by Crippen LogP contribution is -2.25. The third kappa shape index (κ3) is 4.82. The van der Waals surface area contributed by atoms with E-state index in [4.69, 9.17) is 0 Å². The van der Waals surface area contributed by atoms with Gasteiger partial charge in [0.05, 0.1) is 5.69 Å². The Kier molecular flexibility index (Phi) is 6.87. The zero-order valence-electron chi connectivity index (χ0n) is 13.7. The summed E-state index contributed by atoms with van der Waals surface area (Å²) in [5, 5.41) is 9.70. The Morgan fingerprint density at radius 1 is 0.909 bits per heavy atom. The smallest absolute Gasteiger partial charge is 0.119 e. The SMILES string of the molecule is CCc1ccc(-c2ccc(SCCN(CC)CC)nn2)cc1. The van der Waals surface area contributed by atoms with Crippen molar-refractivity contribution in [2.75, 3.05) is 25.4 Å². The first-order valence-corrected chi connectivity index (χ1v) is 9.03. The normalized spacial score (nSPS) is 11.1. The molecule has 118 valence electrons. The van der Waals surface area contributed by atoms with Crippen LogP contribution in [0.15, 0.2) is 41.4 Å². The molecular formula is C18H25N3S. The minimum Gasteiger partial charge on any atom is -0.303 e. The summed E-state index contributed by atoms with van der Waals surface area (Å²) in [5.41, 5.74) is 3.42. The summed E-state index contributed by atoms with van der Waals surface area (Å²) in [4.78, 5) is 2.42. The highest BCUT2D eigenvalue weighted by Gasteiger charge is 2.03. The molecule has 3 nitrogen and oxygen atoms in total. The molecule has 0 aliphatic carbocycles. The number of hydrogen-bond acceptors (Lipinski definition) is 4. The number of benzene rings is 1. The molecule has 4 heteroatoms. The molecule has 0 N–H and O–H groups in total. The van der Waals surface area contributed by atoms with Gasteiger partial charge in [-0.15, -0.1) is 22.0 Å². The molecule has 2 aromatic rings. The summed E-state index contributed by atoms with van der Waals surface area (Å²) in [7, 11) is 0. The summed E-state index contributed by atoms with van der Waals surface area (Å²) >= 11 is 1.77. The molecule has 0 saturated heterocycles. The predicted molar refractivity (Wildman–Crippen MR) is 95.4 cm³/mol. The third-order valence-corrected chi connectivity index (χ3v) is 4.75. The van der Waals surface area contributed by atoms with E-state index in [1.807, 2.05) is 0 Å². The van der Waals surface area contributed by atoms with Crippen molar-refractivity contribution in [3.63, 3.8) is 0 Å². The lowest BCUT2D eigenvalue weighted by molar-refractivity contribution is 0.324. The maximum atomic E-state index is 4.36. The predicted octanol–water partition coefficient (Wildman–Crippen LogP) is 4.14. The van der Waals surface area contributed by atoms with E-state index in [1.54, 1.807) is 11.8 Å². The molecule has 2 rings (SSSR count). The van der Waals surface area contributed by atoms with E-state index in [0.29, 0.717) is 0 Å². The van der Waals surface area contributed by atoms with Gasteiger partial charge in [-0.2, -0.15) is 0 Å². The van der Waals surface area contributed by atoms with E-state index in [-0.39, 0.29) is 0 Å². The molecule has 0 aliphatic rings. The third-order valence-electron chi connectivity index (χ3n) is 3.85. The minimum absolute atomic E-state index is 0.941. The van der Waals surface area contributed by atoms with E-state index < -0.39 is 0 Å². The summed E-state index contributed by atoms with van der Waals surface area (Å²) in [6.07, 6.45) is 1.06. The van der Waals surface area contributed by atoms with Gasteiger partial charge < -0.3 is 4.90 Å². The number of aromatic nitrogens is 2. The van der Waals surface area contributed by atoms with Crippen LogP contribution in [0.5, 0.6) is 0 Å². The Balaban J connectivity index is 1.92. The average molecular weight is 315 g/mol. The quantitative estimate of drug-likeness (QED) is 0.685. The molecule has 0 spiro atoms. The molecule has 0 fully saturated rings. The zero-order valence-corrected chi connectivity index (χ0v) is 14.6. The van der Waals surface area contributed by atoms with E-state index in [2.05, 4.69) is 72.3 Å². The van der Waals surface area contributed by atoms with Gasteiger partial charge in [0.1, 0.15) is 5.03 Å². The molecule has 1 aromatic carbocycles. The van der Waals surface area contributed by atoms with Crippen molar-refractivity contribution < 1.29 is 0 Å². The van der Waals surface area contributed by atoms with Crippen LogP contribution in [0.2, 0.25) is 0 Å². The fourth-order valence-corrected chi connectivity index (χ4v) is 3.10. The molecule has 0 atom stereocenters. The van der Waals surface area contributed by atoms with Gasteiger partial charge in [0, 0.05) is 17.9 Å². The number of rotatable bonds is 8. The first kappa shape index (κ1) is 17.0. The molecule has 0 unspecified atom stereocenters. The van der Waals surface area contributed by atoms with Crippen molar-refractivity contribution in [3.8, 4) is 11.3 Å². The van der Waals surface area contributed by atoms with Gasteiger partial charge in [-0.05, 0) is 37.2 Å². The second-order valence-corrected chi connectivity index (χ2v) is 6.30.